The molecule has 0 saturated heterocycles. The molecule has 0 aliphatic heterocycles. The largest absolute Gasteiger partial charge is 0.490 e. The summed E-state index contributed by atoms with van der Waals surface area (Å²) in [7, 11) is 1.47. The molecule has 2 aromatic rings. The number of nitrogens with two attached hydrogens (primary N) is 1. The van der Waals surface area contributed by atoms with Gasteiger partial charge in [0.15, 0.2) is 11.5 Å². The van der Waals surface area contributed by atoms with E-state index in [1.54, 1.807) is 6.07 Å². The molecule has 0 amide bonds. The lowest BCUT2D eigenvalue weighted by Crippen LogP contribution is -2.01. The first-order valence-electron chi connectivity index (χ1n) is 6.38. The molecule has 112 valence electrons. The number of methoxy groups -OCH3 is 1. The van der Waals surface area contributed by atoms with Crippen LogP contribution < -0.4 is 19.9 Å². The molecule has 0 unspecified atom stereocenters. The predicted octanol–water partition coefficient (Wildman–Crippen LogP) is 2.79. The molecule has 6 nitrogen and oxygen atoms in total. The van der Waals surface area contributed by atoms with E-state index in [9.17, 15) is 0 Å². The van der Waals surface area contributed by atoms with E-state index < -0.39 is 0 Å². The number of nitrogens with zero attached hydrogens (tertiary/aromatic N) is 2. The molecule has 2 rings (SSSR count). The van der Waals surface area contributed by atoms with Crippen LogP contribution in [0.1, 0.15) is 12.5 Å². The second-order valence-corrected chi connectivity index (χ2v) is 4.44. The summed E-state index contributed by atoms with van der Waals surface area (Å²) in [6, 6.07) is 5.61. The van der Waals surface area contributed by atoms with Gasteiger partial charge in [0.1, 0.15) is 5.02 Å². The number of halogens is 1. The SMILES string of the molecule is CCOc1cc(CN)ccc1Oc1nc(OC)ncc1Cl. The van der Waals surface area contributed by atoms with Crippen LogP contribution in [0.3, 0.4) is 0 Å². The third-order valence-corrected chi connectivity index (χ3v) is 2.88. The summed E-state index contributed by atoms with van der Waals surface area (Å²) in [5.41, 5.74) is 6.57. The van der Waals surface area contributed by atoms with Crippen LogP contribution >= 0.6 is 11.6 Å². The molecule has 21 heavy (non-hydrogen) atoms. The molecule has 0 spiro atoms. The van der Waals surface area contributed by atoms with Crippen molar-refractivity contribution in [1.29, 1.82) is 0 Å². The maximum atomic E-state index is 6.02. The maximum Gasteiger partial charge on any atom is 0.319 e. The zero-order chi connectivity index (χ0) is 15.2. The second-order valence-electron chi connectivity index (χ2n) is 4.03. The van der Waals surface area contributed by atoms with Crippen molar-refractivity contribution < 1.29 is 14.2 Å². The average molecular weight is 310 g/mol. The minimum atomic E-state index is 0.172. The highest BCUT2D eigenvalue weighted by atomic mass is 35.5. The summed E-state index contributed by atoms with van der Waals surface area (Å²) in [4.78, 5) is 7.95. The number of benzene rings is 1. The highest BCUT2D eigenvalue weighted by Crippen LogP contribution is 2.35. The van der Waals surface area contributed by atoms with Crippen molar-refractivity contribution in [2.45, 2.75) is 13.5 Å². The quantitative estimate of drug-likeness (QED) is 0.884. The summed E-state index contributed by atoms with van der Waals surface area (Å²) >= 11 is 6.02. The van der Waals surface area contributed by atoms with Crippen molar-refractivity contribution in [3.63, 3.8) is 0 Å². The van der Waals surface area contributed by atoms with Gasteiger partial charge in [0.2, 0.25) is 5.88 Å². The molecular formula is C14H16ClN3O3. The Labute approximate surface area is 127 Å². The first kappa shape index (κ1) is 15.3. The van der Waals surface area contributed by atoms with Crippen molar-refractivity contribution in [3.05, 3.63) is 35.0 Å². The van der Waals surface area contributed by atoms with Crippen LogP contribution in [0, 0.1) is 0 Å². The lowest BCUT2D eigenvalue weighted by Gasteiger charge is -2.13. The van der Waals surface area contributed by atoms with Crippen LogP contribution in [-0.2, 0) is 6.54 Å². The number of aromatic nitrogens is 2. The molecule has 1 aromatic heterocycles. The second kappa shape index (κ2) is 7.10. The summed E-state index contributed by atoms with van der Waals surface area (Å²) in [5.74, 6) is 1.27. The number of ether oxygens (including phenoxy) is 3. The van der Waals surface area contributed by atoms with Crippen molar-refractivity contribution in [2.24, 2.45) is 5.73 Å². The van der Waals surface area contributed by atoms with Crippen molar-refractivity contribution in [2.75, 3.05) is 13.7 Å². The van der Waals surface area contributed by atoms with Crippen molar-refractivity contribution in [1.82, 2.24) is 9.97 Å². The summed E-state index contributed by atoms with van der Waals surface area (Å²) < 4.78 is 16.2. The van der Waals surface area contributed by atoms with Crippen LogP contribution in [0.4, 0.5) is 0 Å². The number of hydrogen-bond acceptors (Lipinski definition) is 6. The topological polar surface area (TPSA) is 79.5 Å². The highest BCUT2D eigenvalue weighted by molar-refractivity contribution is 6.31. The van der Waals surface area contributed by atoms with Gasteiger partial charge in [-0.2, -0.15) is 4.98 Å². The van der Waals surface area contributed by atoms with E-state index in [1.165, 1.54) is 13.3 Å². The van der Waals surface area contributed by atoms with Gasteiger partial charge in [-0.25, -0.2) is 4.98 Å². The Bertz CT molecular complexity index is 622. The van der Waals surface area contributed by atoms with Gasteiger partial charge in [0.25, 0.3) is 0 Å². The molecule has 0 atom stereocenters. The Morgan fingerprint density at radius 2 is 2.10 bits per heavy atom. The Balaban J connectivity index is 2.34. The third kappa shape index (κ3) is 3.74. The molecule has 0 fully saturated rings. The monoisotopic (exact) mass is 309 g/mol. The lowest BCUT2D eigenvalue weighted by molar-refractivity contribution is 0.316. The zero-order valence-electron chi connectivity index (χ0n) is 11.8. The summed E-state index contributed by atoms with van der Waals surface area (Å²) in [5, 5.41) is 0.279. The number of rotatable bonds is 6. The van der Waals surface area contributed by atoms with Gasteiger partial charge in [0.05, 0.1) is 19.9 Å². The fourth-order valence-electron chi connectivity index (χ4n) is 1.64. The van der Waals surface area contributed by atoms with Gasteiger partial charge in [-0.1, -0.05) is 17.7 Å². The van der Waals surface area contributed by atoms with Gasteiger partial charge in [-0.15, -0.1) is 0 Å². The summed E-state index contributed by atoms with van der Waals surface area (Å²) in [6.07, 6.45) is 1.41. The molecule has 7 heteroatoms. The van der Waals surface area contributed by atoms with Crippen molar-refractivity contribution in [3.8, 4) is 23.4 Å². The van der Waals surface area contributed by atoms with E-state index in [0.717, 1.165) is 5.56 Å². The molecule has 0 saturated carbocycles. The van der Waals surface area contributed by atoms with Crippen LogP contribution in [0.2, 0.25) is 5.02 Å². The number of hydrogen-bond donors (Lipinski definition) is 1. The summed E-state index contributed by atoms with van der Waals surface area (Å²) in [6.45, 7) is 2.81. The lowest BCUT2D eigenvalue weighted by atomic mass is 10.2. The Kier molecular flexibility index (Phi) is 5.19. The van der Waals surface area contributed by atoms with E-state index in [2.05, 4.69) is 9.97 Å². The first-order valence-corrected chi connectivity index (χ1v) is 6.76. The Morgan fingerprint density at radius 3 is 2.76 bits per heavy atom. The van der Waals surface area contributed by atoms with Crippen LogP contribution in [0.5, 0.6) is 23.4 Å². The average Bonchev–Trinajstić information content (AvgIpc) is 2.51. The van der Waals surface area contributed by atoms with Crippen LogP contribution in [-0.4, -0.2) is 23.7 Å². The predicted molar refractivity (Wildman–Crippen MR) is 79.2 cm³/mol. The highest BCUT2D eigenvalue weighted by Gasteiger charge is 2.12. The fraction of sp³-hybridized carbons (Fsp3) is 0.286. The van der Waals surface area contributed by atoms with Gasteiger partial charge in [-0.05, 0) is 24.6 Å². The first-order chi connectivity index (χ1) is 10.2. The fourth-order valence-corrected chi connectivity index (χ4v) is 1.77. The third-order valence-electron chi connectivity index (χ3n) is 2.62. The maximum absolute atomic E-state index is 6.02. The molecular weight excluding hydrogens is 294 g/mol. The van der Waals surface area contributed by atoms with E-state index in [-0.39, 0.29) is 16.9 Å². The minimum Gasteiger partial charge on any atom is -0.490 e. The molecule has 1 aromatic carbocycles. The Morgan fingerprint density at radius 1 is 1.29 bits per heavy atom. The van der Waals surface area contributed by atoms with E-state index in [4.69, 9.17) is 31.5 Å². The molecule has 0 radical (unpaired) electrons. The molecule has 1 heterocycles. The zero-order valence-corrected chi connectivity index (χ0v) is 12.6. The van der Waals surface area contributed by atoms with Crippen molar-refractivity contribution >= 4 is 11.6 Å². The van der Waals surface area contributed by atoms with E-state index >= 15 is 0 Å². The van der Waals surface area contributed by atoms with Gasteiger partial charge in [0, 0.05) is 6.54 Å². The van der Waals surface area contributed by atoms with Crippen LogP contribution in [0.25, 0.3) is 0 Å². The standard InChI is InChI=1S/C14H16ClN3O3/c1-3-20-12-6-9(7-16)4-5-11(12)21-13-10(15)8-17-14(18-13)19-2/h4-6,8H,3,7,16H2,1-2H3. The van der Waals surface area contributed by atoms with Gasteiger partial charge < -0.3 is 19.9 Å². The van der Waals surface area contributed by atoms with Gasteiger partial charge >= 0.3 is 6.01 Å². The molecule has 0 aliphatic carbocycles. The molecule has 0 bridgehead atoms. The van der Waals surface area contributed by atoms with Gasteiger partial charge in [-0.3, -0.25) is 0 Å². The van der Waals surface area contributed by atoms with Crippen LogP contribution in [0.15, 0.2) is 24.4 Å². The Hall–Kier alpha value is -2.05. The molecule has 2 N–H and O–H groups in total. The smallest absolute Gasteiger partial charge is 0.319 e. The van der Waals surface area contributed by atoms with E-state index in [1.807, 2.05) is 19.1 Å². The minimum absolute atomic E-state index is 0.172. The van der Waals surface area contributed by atoms with E-state index in [0.29, 0.717) is 24.7 Å². The normalized spacial score (nSPS) is 10.3. The molecule has 0 aliphatic rings.